The number of hydrogen-bond acceptors (Lipinski definition) is 6. The van der Waals surface area contributed by atoms with Crippen LogP contribution in [0.5, 0.6) is 5.75 Å². The second kappa shape index (κ2) is 10.2. The molecule has 0 N–H and O–H groups in total. The van der Waals surface area contributed by atoms with Crippen molar-refractivity contribution in [2.75, 3.05) is 26.8 Å². The number of methoxy groups -OCH3 is 1. The van der Waals surface area contributed by atoms with Gasteiger partial charge in [-0.1, -0.05) is 23.8 Å². The molecule has 0 saturated carbocycles. The molecule has 0 spiro atoms. The maximum atomic E-state index is 13.0. The lowest BCUT2D eigenvalue weighted by Gasteiger charge is -2.31. The fraction of sp³-hybridized carbons (Fsp3) is 0.435. The van der Waals surface area contributed by atoms with Gasteiger partial charge in [-0.15, -0.1) is 0 Å². The maximum absolute atomic E-state index is 13.0. The lowest BCUT2D eigenvalue weighted by Crippen LogP contribution is -2.36. The molecule has 0 radical (unpaired) electrons. The van der Waals surface area contributed by atoms with Crippen LogP contribution in [-0.2, 0) is 24.3 Å². The average Bonchev–Trinajstić information content (AvgIpc) is 2.77. The van der Waals surface area contributed by atoms with Crippen molar-refractivity contribution in [1.82, 2.24) is 4.31 Å². The molecule has 1 aromatic carbocycles. The lowest BCUT2D eigenvalue weighted by atomic mass is 9.87. The molecule has 168 valence electrons. The summed E-state index contributed by atoms with van der Waals surface area (Å²) in [6, 6.07) is 6.53. The number of carbonyl (C=O) groups is 1. The van der Waals surface area contributed by atoms with Crippen LogP contribution in [0.4, 0.5) is 0 Å². The van der Waals surface area contributed by atoms with E-state index in [-0.39, 0.29) is 23.5 Å². The zero-order valence-corrected chi connectivity index (χ0v) is 18.9. The largest absolute Gasteiger partial charge is 0.491 e. The predicted molar refractivity (Wildman–Crippen MR) is 117 cm³/mol. The molecular weight excluding hydrogens is 418 g/mol. The van der Waals surface area contributed by atoms with E-state index >= 15 is 0 Å². The van der Waals surface area contributed by atoms with Crippen molar-refractivity contribution in [3.8, 4) is 5.75 Å². The van der Waals surface area contributed by atoms with Gasteiger partial charge in [0.05, 0.1) is 18.1 Å². The minimum atomic E-state index is -3.59. The van der Waals surface area contributed by atoms with Crippen molar-refractivity contribution in [1.29, 1.82) is 0 Å². The molecule has 8 heteroatoms. The van der Waals surface area contributed by atoms with Crippen molar-refractivity contribution < 1.29 is 27.4 Å². The minimum absolute atomic E-state index is 0.00646. The van der Waals surface area contributed by atoms with Gasteiger partial charge in [0.25, 0.3) is 0 Å². The first-order chi connectivity index (χ1) is 14.8. The molecule has 7 nitrogen and oxygen atoms in total. The number of nitrogens with zero attached hydrogens (tertiary/aromatic N) is 1. The molecule has 0 bridgehead atoms. The van der Waals surface area contributed by atoms with Gasteiger partial charge in [0.15, 0.2) is 6.61 Å². The highest BCUT2D eigenvalue weighted by Gasteiger charge is 2.30. The Morgan fingerprint density at radius 1 is 1.23 bits per heavy atom. The molecule has 1 atom stereocenters. The van der Waals surface area contributed by atoms with Crippen molar-refractivity contribution in [2.24, 2.45) is 5.92 Å². The zero-order chi connectivity index (χ0) is 22.4. The van der Waals surface area contributed by atoms with Gasteiger partial charge in [0.1, 0.15) is 11.5 Å². The van der Waals surface area contributed by atoms with Crippen LogP contribution in [0.25, 0.3) is 0 Å². The van der Waals surface area contributed by atoms with E-state index < -0.39 is 16.0 Å². The molecular formula is C23H29NO6S. The second-order valence-corrected chi connectivity index (χ2v) is 9.62. The molecule has 2 aliphatic rings. The lowest BCUT2D eigenvalue weighted by molar-refractivity contribution is -0.144. The summed E-state index contributed by atoms with van der Waals surface area (Å²) in [5, 5.41) is 0. The number of benzene rings is 1. The Bertz CT molecular complexity index is 976. The Morgan fingerprint density at radius 2 is 1.97 bits per heavy atom. The molecule has 1 aliphatic carbocycles. The quantitative estimate of drug-likeness (QED) is 0.449. The van der Waals surface area contributed by atoms with E-state index in [1.54, 1.807) is 24.3 Å². The summed E-state index contributed by atoms with van der Waals surface area (Å²) in [4.78, 5) is 11.7. The van der Waals surface area contributed by atoms with Gasteiger partial charge < -0.3 is 14.2 Å². The van der Waals surface area contributed by atoms with E-state index in [0.29, 0.717) is 31.0 Å². The highest BCUT2D eigenvalue weighted by molar-refractivity contribution is 7.89. The summed E-state index contributed by atoms with van der Waals surface area (Å²) in [5.74, 6) is 0.920. The third-order valence-corrected chi connectivity index (χ3v) is 7.06. The molecule has 3 rings (SSSR count). The normalized spacial score (nSPS) is 19.5. The standard InChI is InChI=1S/C23H29NO6S/c1-17(2)30-19-8-10-20(11-9-19)31(26,27)24-14-12-18(13-15-24)21-6-4-5-7-22(21)29-16-23(25)28-3/h4-5,7-12,17,21H,6,13-16H2,1-3H3. The molecule has 1 heterocycles. The van der Waals surface area contributed by atoms with Gasteiger partial charge in [0, 0.05) is 19.0 Å². The second-order valence-electron chi connectivity index (χ2n) is 7.68. The van der Waals surface area contributed by atoms with Gasteiger partial charge in [-0.05, 0) is 57.0 Å². The Balaban J connectivity index is 1.67. The Kier molecular flexibility index (Phi) is 7.56. The van der Waals surface area contributed by atoms with E-state index in [1.807, 2.05) is 38.2 Å². The van der Waals surface area contributed by atoms with Gasteiger partial charge in [0.2, 0.25) is 10.0 Å². The van der Waals surface area contributed by atoms with E-state index in [1.165, 1.54) is 11.4 Å². The number of rotatable bonds is 8. The SMILES string of the molecule is COC(=O)COC1=CC=CCC1C1=CCN(S(=O)(=O)c2ccc(OC(C)C)cc2)CC1. The third kappa shape index (κ3) is 5.77. The van der Waals surface area contributed by atoms with Crippen LogP contribution in [0.2, 0.25) is 0 Å². The number of allylic oxidation sites excluding steroid dienone is 4. The minimum Gasteiger partial charge on any atom is -0.491 e. The predicted octanol–water partition coefficient (Wildman–Crippen LogP) is 3.44. The summed E-state index contributed by atoms with van der Waals surface area (Å²) in [7, 11) is -2.27. The monoisotopic (exact) mass is 447 g/mol. The van der Waals surface area contributed by atoms with Crippen LogP contribution in [0.3, 0.4) is 0 Å². The van der Waals surface area contributed by atoms with E-state index in [9.17, 15) is 13.2 Å². The van der Waals surface area contributed by atoms with E-state index in [4.69, 9.17) is 9.47 Å². The molecule has 1 aromatic rings. The summed E-state index contributed by atoms with van der Waals surface area (Å²) in [6.07, 6.45) is 9.13. The van der Waals surface area contributed by atoms with E-state index in [0.717, 1.165) is 12.0 Å². The zero-order valence-electron chi connectivity index (χ0n) is 18.1. The van der Waals surface area contributed by atoms with Crippen molar-refractivity contribution in [2.45, 2.75) is 37.7 Å². The summed E-state index contributed by atoms with van der Waals surface area (Å²) < 4.78 is 43.4. The smallest absolute Gasteiger partial charge is 0.343 e. The molecule has 31 heavy (non-hydrogen) atoms. The molecule has 0 saturated heterocycles. The topological polar surface area (TPSA) is 82.1 Å². The number of ether oxygens (including phenoxy) is 3. The third-order valence-electron chi connectivity index (χ3n) is 5.18. The summed E-state index contributed by atoms with van der Waals surface area (Å²) in [5.41, 5.74) is 1.12. The Labute approximate surface area is 184 Å². The number of esters is 1. The number of hydrogen-bond donors (Lipinski definition) is 0. The van der Waals surface area contributed by atoms with Gasteiger partial charge in [-0.25, -0.2) is 13.2 Å². The van der Waals surface area contributed by atoms with E-state index in [2.05, 4.69) is 4.74 Å². The summed E-state index contributed by atoms with van der Waals surface area (Å²) in [6.45, 7) is 4.39. The first kappa shape index (κ1) is 23.1. The highest BCUT2D eigenvalue weighted by atomic mass is 32.2. The molecule has 0 amide bonds. The van der Waals surface area contributed by atoms with Gasteiger partial charge >= 0.3 is 5.97 Å². The fourth-order valence-corrected chi connectivity index (χ4v) is 4.99. The molecule has 0 aromatic heterocycles. The van der Waals surface area contributed by atoms with Crippen LogP contribution >= 0.6 is 0 Å². The highest BCUT2D eigenvalue weighted by Crippen LogP contribution is 2.33. The molecule has 0 fully saturated rings. The maximum Gasteiger partial charge on any atom is 0.343 e. The van der Waals surface area contributed by atoms with Crippen molar-refractivity contribution in [3.05, 3.63) is 59.9 Å². The van der Waals surface area contributed by atoms with Crippen molar-refractivity contribution >= 4 is 16.0 Å². The average molecular weight is 448 g/mol. The van der Waals surface area contributed by atoms with Gasteiger partial charge in [-0.3, -0.25) is 0 Å². The van der Waals surface area contributed by atoms with Crippen LogP contribution in [-0.4, -0.2) is 51.6 Å². The van der Waals surface area contributed by atoms with Crippen LogP contribution in [0.15, 0.2) is 64.8 Å². The Morgan fingerprint density at radius 3 is 2.58 bits per heavy atom. The fourth-order valence-electron chi connectivity index (χ4n) is 3.61. The molecule has 1 aliphatic heterocycles. The first-order valence-corrected chi connectivity index (χ1v) is 11.8. The van der Waals surface area contributed by atoms with Crippen LogP contribution < -0.4 is 4.74 Å². The summed E-state index contributed by atoms with van der Waals surface area (Å²) >= 11 is 0. The first-order valence-electron chi connectivity index (χ1n) is 10.3. The Hall–Kier alpha value is -2.58. The number of sulfonamides is 1. The van der Waals surface area contributed by atoms with Crippen LogP contribution in [0.1, 0.15) is 26.7 Å². The van der Waals surface area contributed by atoms with Crippen LogP contribution in [0, 0.1) is 5.92 Å². The number of carbonyl (C=O) groups excluding carboxylic acids is 1. The van der Waals surface area contributed by atoms with Gasteiger partial charge in [-0.2, -0.15) is 4.31 Å². The molecule has 1 unspecified atom stereocenters. The van der Waals surface area contributed by atoms with Crippen molar-refractivity contribution in [3.63, 3.8) is 0 Å².